The Morgan fingerprint density at radius 1 is 1.00 bits per heavy atom. The Morgan fingerprint density at radius 3 is 2.42 bits per heavy atom. The maximum Gasteiger partial charge on any atom is 0.268 e. The maximum absolute atomic E-state index is 12.2. The maximum atomic E-state index is 12.2. The van der Waals surface area contributed by atoms with Crippen LogP contribution in [0.5, 0.6) is 0 Å². The third-order valence-electron chi connectivity index (χ3n) is 10.8. The molecule has 0 saturated heterocycles. The zero-order valence-electron chi connectivity index (χ0n) is 20.4. The van der Waals surface area contributed by atoms with Crippen molar-refractivity contribution < 1.29 is 12.6 Å². The van der Waals surface area contributed by atoms with E-state index >= 15 is 0 Å². The Labute approximate surface area is 191 Å². The highest BCUT2D eigenvalue weighted by Crippen LogP contribution is 2.68. The molecule has 0 heterocycles. The Balaban J connectivity index is 1.46. The second kappa shape index (κ2) is 8.91. The number of nitrogens with two attached hydrogens (primary N) is 1. The van der Waals surface area contributed by atoms with Gasteiger partial charge in [0.25, 0.3) is 10.1 Å². The van der Waals surface area contributed by atoms with Gasteiger partial charge in [0, 0.05) is 6.54 Å². The summed E-state index contributed by atoms with van der Waals surface area (Å²) in [6.45, 7) is 10.2. The molecule has 5 heteroatoms. The number of fused-ring (bicyclic) bond motifs is 5. The Bertz CT molecular complexity index is 739. The quantitative estimate of drug-likeness (QED) is 0.498. The van der Waals surface area contributed by atoms with Gasteiger partial charge in [0.05, 0.1) is 11.9 Å². The molecule has 2 N–H and O–H groups in total. The van der Waals surface area contributed by atoms with Gasteiger partial charge in [0.2, 0.25) is 0 Å². The van der Waals surface area contributed by atoms with Crippen molar-refractivity contribution in [3.05, 3.63) is 0 Å². The van der Waals surface area contributed by atoms with Crippen molar-refractivity contribution in [1.29, 1.82) is 0 Å². The summed E-state index contributed by atoms with van der Waals surface area (Å²) in [5, 5.41) is 0. The molecule has 4 nitrogen and oxygen atoms in total. The van der Waals surface area contributed by atoms with Crippen molar-refractivity contribution in [1.82, 2.24) is 0 Å². The second-order valence-corrected chi connectivity index (χ2v) is 13.9. The lowest BCUT2D eigenvalue weighted by Gasteiger charge is -2.61. The minimum atomic E-state index is -3.48. The predicted octanol–water partition coefficient (Wildman–Crippen LogP) is 5.76. The van der Waals surface area contributed by atoms with E-state index in [-0.39, 0.29) is 18.4 Å². The molecule has 0 radical (unpaired) electrons. The van der Waals surface area contributed by atoms with Gasteiger partial charge in [-0.05, 0) is 104 Å². The van der Waals surface area contributed by atoms with Crippen LogP contribution in [-0.4, -0.2) is 26.8 Å². The van der Waals surface area contributed by atoms with E-state index in [1.54, 1.807) is 0 Å². The van der Waals surface area contributed by atoms with Crippen LogP contribution in [0.2, 0.25) is 0 Å². The van der Waals surface area contributed by atoms with Crippen molar-refractivity contribution in [2.75, 3.05) is 12.3 Å². The first-order valence-electron chi connectivity index (χ1n) is 13.3. The van der Waals surface area contributed by atoms with Gasteiger partial charge in [-0.25, -0.2) is 0 Å². The van der Waals surface area contributed by atoms with Gasteiger partial charge in [-0.15, -0.1) is 0 Å². The number of hydrogen-bond acceptors (Lipinski definition) is 4. The predicted molar refractivity (Wildman–Crippen MR) is 127 cm³/mol. The van der Waals surface area contributed by atoms with Crippen molar-refractivity contribution in [3.63, 3.8) is 0 Å². The van der Waals surface area contributed by atoms with E-state index < -0.39 is 10.1 Å². The van der Waals surface area contributed by atoms with Crippen molar-refractivity contribution >= 4 is 10.1 Å². The zero-order chi connectivity index (χ0) is 22.4. The van der Waals surface area contributed by atoms with Gasteiger partial charge < -0.3 is 5.73 Å². The van der Waals surface area contributed by atoms with Crippen LogP contribution < -0.4 is 5.73 Å². The van der Waals surface area contributed by atoms with Crippen LogP contribution in [0, 0.1) is 46.3 Å². The Hall–Kier alpha value is -0.130. The Morgan fingerprint density at radius 2 is 1.71 bits per heavy atom. The van der Waals surface area contributed by atoms with E-state index in [1.807, 2.05) is 0 Å². The summed E-state index contributed by atoms with van der Waals surface area (Å²) in [6.07, 6.45) is 13.8. The van der Waals surface area contributed by atoms with E-state index in [9.17, 15) is 8.42 Å². The average Bonchev–Trinajstić information content (AvgIpc) is 3.05. The van der Waals surface area contributed by atoms with Crippen LogP contribution in [0.3, 0.4) is 0 Å². The van der Waals surface area contributed by atoms with Gasteiger partial charge in [-0.3, -0.25) is 4.18 Å². The summed E-state index contributed by atoms with van der Waals surface area (Å²) >= 11 is 0. The van der Waals surface area contributed by atoms with Crippen LogP contribution in [0.15, 0.2) is 0 Å². The molecule has 4 rings (SSSR count). The van der Waals surface area contributed by atoms with E-state index in [0.717, 1.165) is 48.9 Å². The summed E-state index contributed by atoms with van der Waals surface area (Å²) in [5.74, 6) is 4.96. The van der Waals surface area contributed by atoms with Gasteiger partial charge in [0.15, 0.2) is 0 Å². The molecule has 5 unspecified atom stereocenters. The molecule has 31 heavy (non-hydrogen) atoms. The molecule has 0 aromatic carbocycles. The highest BCUT2D eigenvalue weighted by molar-refractivity contribution is 7.86. The van der Waals surface area contributed by atoms with Gasteiger partial charge in [0.1, 0.15) is 0 Å². The summed E-state index contributed by atoms with van der Waals surface area (Å²) in [6, 6.07) is 0. The third kappa shape index (κ3) is 4.25. The van der Waals surface area contributed by atoms with Crippen LogP contribution in [0.25, 0.3) is 0 Å². The smallest absolute Gasteiger partial charge is 0.268 e. The molecule has 4 aliphatic carbocycles. The minimum absolute atomic E-state index is 0.0615. The first-order chi connectivity index (χ1) is 14.6. The van der Waals surface area contributed by atoms with Gasteiger partial charge >= 0.3 is 0 Å². The molecule has 180 valence electrons. The van der Waals surface area contributed by atoms with Crippen LogP contribution in [0.4, 0.5) is 0 Å². The van der Waals surface area contributed by atoms with Crippen LogP contribution in [-0.2, 0) is 14.3 Å². The number of rotatable bonds is 7. The fourth-order valence-electron chi connectivity index (χ4n) is 9.34. The molecule has 0 aromatic heterocycles. The first kappa shape index (κ1) is 24.0. The Kier molecular flexibility index (Phi) is 6.90. The second-order valence-electron chi connectivity index (χ2n) is 12.2. The summed E-state index contributed by atoms with van der Waals surface area (Å²) in [5.41, 5.74) is 6.38. The molecule has 0 aliphatic heterocycles. The number of hydrogen-bond donors (Lipinski definition) is 1. The van der Waals surface area contributed by atoms with Crippen molar-refractivity contribution in [2.45, 2.75) is 104 Å². The van der Waals surface area contributed by atoms with E-state index in [2.05, 4.69) is 27.7 Å². The van der Waals surface area contributed by atoms with Gasteiger partial charge in [-0.1, -0.05) is 40.5 Å². The molecular weight excluding hydrogens is 406 g/mol. The molecule has 0 aromatic rings. The molecule has 9 atom stereocenters. The molecular formula is C26H47NO3S. The van der Waals surface area contributed by atoms with Crippen molar-refractivity contribution in [3.8, 4) is 0 Å². The first-order valence-corrected chi connectivity index (χ1v) is 14.8. The lowest BCUT2D eigenvalue weighted by Crippen LogP contribution is -2.54. The zero-order valence-corrected chi connectivity index (χ0v) is 21.3. The van der Waals surface area contributed by atoms with Crippen molar-refractivity contribution in [2.24, 2.45) is 52.1 Å². The van der Waals surface area contributed by atoms with E-state index in [1.165, 1.54) is 51.4 Å². The fourth-order valence-corrected chi connectivity index (χ4v) is 10.3. The largest absolute Gasteiger partial charge is 0.329 e. The molecule has 4 saturated carbocycles. The van der Waals surface area contributed by atoms with Crippen LogP contribution in [0.1, 0.15) is 98.3 Å². The standard InChI is InChI=1S/C26H47NO3S/c1-5-6-18(2)22-9-10-23-21-8-7-19-17-20(30-31(28,29)16-15-27)11-13-25(19,3)24(21)12-14-26(22,23)4/h18-24H,5-17,27H2,1-4H3/t18-,19?,20?,21?,22-,23?,24?,25+,26-/m1/s1. The topological polar surface area (TPSA) is 69.4 Å². The fraction of sp³-hybridized carbons (Fsp3) is 1.00. The summed E-state index contributed by atoms with van der Waals surface area (Å²) < 4.78 is 29.9. The normalized spacial score (nSPS) is 46.1. The summed E-state index contributed by atoms with van der Waals surface area (Å²) in [7, 11) is -3.48. The molecule has 4 aliphatic rings. The molecule has 0 amide bonds. The lowest BCUT2D eigenvalue weighted by atomic mass is 9.44. The highest BCUT2D eigenvalue weighted by atomic mass is 32.2. The lowest BCUT2D eigenvalue weighted by molar-refractivity contribution is -0.126. The molecule has 4 fully saturated rings. The summed E-state index contributed by atoms with van der Waals surface area (Å²) in [4.78, 5) is 0. The highest BCUT2D eigenvalue weighted by Gasteiger charge is 2.60. The van der Waals surface area contributed by atoms with Gasteiger partial charge in [-0.2, -0.15) is 8.42 Å². The third-order valence-corrected chi connectivity index (χ3v) is 12.1. The van der Waals surface area contributed by atoms with Crippen LogP contribution >= 0.6 is 0 Å². The monoisotopic (exact) mass is 453 g/mol. The average molecular weight is 454 g/mol. The molecule has 0 bridgehead atoms. The van der Waals surface area contributed by atoms with E-state index in [4.69, 9.17) is 9.92 Å². The molecule has 0 spiro atoms. The van der Waals surface area contributed by atoms with E-state index in [0.29, 0.717) is 16.7 Å². The minimum Gasteiger partial charge on any atom is -0.329 e. The SMILES string of the molecule is CCC[C@@H](C)[C@H]1CCC2C3CCC4CC(OS(=O)(=O)CCN)CC[C@]4(C)C3CC[C@@]21C.